The molecule has 0 aliphatic carbocycles. The van der Waals surface area contributed by atoms with Gasteiger partial charge in [0.05, 0.1) is 15.3 Å². The highest BCUT2D eigenvalue weighted by atomic mass is 35.5. The van der Waals surface area contributed by atoms with Gasteiger partial charge in [-0.05, 0) is 37.6 Å². The summed E-state index contributed by atoms with van der Waals surface area (Å²) in [6, 6.07) is 6.05. The average Bonchev–Trinajstić information content (AvgIpc) is 2.79. The molecule has 0 amide bonds. The Morgan fingerprint density at radius 2 is 1.79 bits per heavy atom. The molecule has 1 unspecified atom stereocenters. The van der Waals surface area contributed by atoms with Crippen LogP contribution in [-0.4, -0.2) is 22.6 Å². The number of non-ortho nitro benzene ring substituents is 1. The third-order valence-corrected chi connectivity index (χ3v) is 6.41. The molecule has 1 atom stereocenters. The Morgan fingerprint density at radius 3 is 2.41 bits per heavy atom. The first-order chi connectivity index (χ1) is 13.5. The minimum absolute atomic E-state index is 0.0100. The normalized spacial score (nSPS) is 20.9. The predicted molar refractivity (Wildman–Crippen MR) is 110 cm³/mol. The van der Waals surface area contributed by atoms with Gasteiger partial charge in [0.25, 0.3) is 5.69 Å². The molecule has 0 saturated carbocycles. The standard InChI is InChI=1S/C19H15Cl2N3O5/c1-18(2)12-8-10(23(25)26)4-5-14(12)22(3)19(18)7-6-11-15(29-19)9-13(20)17(16(11)21)24(27)28/h4-9H,1-3H3. The van der Waals surface area contributed by atoms with Crippen LogP contribution in [0.2, 0.25) is 10.0 Å². The monoisotopic (exact) mass is 435 g/mol. The summed E-state index contributed by atoms with van der Waals surface area (Å²) in [6.45, 7) is 3.84. The number of rotatable bonds is 2. The van der Waals surface area contributed by atoms with Crippen LogP contribution in [-0.2, 0) is 5.41 Å². The van der Waals surface area contributed by atoms with E-state index in [1.54, 1.807) is 24.3 Å². The highest BCUT2D eigenvalue weighted by Gasteiger charge is 2.58. The van der Waals surface area contributed by atoms with E-state index in [0.717, 1.165) is 11.3 Å². The fourth-order valence-electron chi connectivity index (χ4n) is 4.14. The van der Waals surface area contributed by atoms with Crippen LogP contribution in [0.25, 0.3) is 6.08 Å². The molecule has 0 fully saturated rings. The fraction of sp³-hybridized carbons (Fsp3) is 0.263. The third-order valence-electron chi connectivity index (χ3n) is 5.74. The topological polar surface area (TPSA) is 98.8 Å². The zero-order valence-corrected chi connectivity index (χ0v) is 17.1. The van der Waals surface area contributed by atoms with E-state index in [-0.39, 0.29) is 21.4 Å². The van der Waals surface area contributed by atoms with Crippen LogP contribution in [0.4, 0.5) is 17.1 Å². The van der Waals surface area contributed by atoms with Gasteiger partial charge in [0, 0.05) is 36.5 Å². The Morgan fingerprint density at radius 1 is 1.10 bits per heavy atom. The van der Waals surface area contributed by atoms with E-state index >= 15 is 0 Å². The molecule has 0 bridgehead atoms. The maximum absolute atomic E-state index is 11.3. The van der Waals surface area contributed by atoms with Crippen LogP contribution in [0, 0.1) is 20.2 Å². The zero-order chi connectivity index (χ0) is 21.3. The number of hydrogen-bond donors (Lipinski definition) is 0. The molecule has 0 N–H and O–H groups in total. The Bertz CT molecular complexity index is 1130. The van der Waals surface area contributed by atoms with Crippen molar-refractivity contribution in [3.05, 3.63) is 71.7 Å². The molecule has 8 nitrogen and oxygen atoms in total. The van der Waals surface area contributed by atoms with E-state index in [2.05, 4.69) is 0 Å². The molecule has 29 heavy (non-hydrogen) atoms. The summed E-state index contributed by atoms with van der Waals surface area (Å²) in [7, 11) is 1.82. The van der Waals surface area contributed by atoms with E-state index in [0.29, 0.717) is 11.3 Å². The Labute approximate surface area is 175 Å². The first-order valence-electron chi connectivity index (χ1n) is 8.58. The molecule has 2 aromatic rings. The lowest BCUT2D eigenvalue weighted by molar-refractivity contribution is -0.385. The largest absolute Gasteiger partial charge is 0.463 e. The van der Waals surface area contributed by atoms with Crippen molar-refractivity contribution in [2.45, 2.75) is 25.0 Å². The zero-order valence-electron chi connectivity index (χ0n) is 15.6. The van der Waals surface area contributed by atoms with E-state index in [1.807, 2.05) is 25.8 Å². The quantitative estimate of drug-likeness (QED) is 0.466. The smallest absolute Gasteiger partial charge is 0.307 e. The summed E-state index contributed by atoms with van der Waals surface area (Å²) in [5.74, 6) is 0.301. The molecule has 0 radical (unpaired) electrons. The number of nitrogens with zero attached hydrogens (tertiary/aromatic N) is 3. The molecule has 1 spiro atoms. The van der Waals surface area contributed by atoms with Gasteiger partial charge in [-0.15, -0.1) is 0 Å². The van der Waals surface area contributed by atoms with Crippen molar-refractivity contribution in [1.29, 1.82) is 0 Å². The van der Waals surface area contributed by atoms with E-state index in [9.17, 15) is 20.2 Å². The number of nitro groups is 2. The minimum atomic E-state index is -1.03. The summed E-state index contributed by atoms with van der Waals surface area (Å²) < 4.78 is 6.36. The van der Waals surface area contributed by atoms with Crippen LogP contribution in [0.5, 0.6) is 5.75 Å². The molecule has 4 rings (SSSR count). The molecule has 0 saturated heterocycles. The lowest BCUT2D eigenvalue weighted by Crippen LogP contribution is -2.58. The van der Waals surface area contributed by atoms with Crippen molar-refractivity contribution in [2.75, 3.05) is 11.9 Å². The van der Waals surface area contributed by atoms with Gasteiger partial charge in [-0.1, -0.05) is 23.2 Å². The van der Waals surface area contributed by atoms with Crippen molar-refractivity contribution >= 4 is 46.3 Å². The van der Waals surface area contributed by atoms with Gasteiger partial charge in [-0.3, -0.25) is 20.2 Å². The molecule has 10 heteroatoms. The Kier molecular flexibility index (Phi) is 4.08. The SMILES string of the molecule is CN1c2ccc([N+](=O)[O-])cc2C(C)(C)C12C=Cc1c(cc(Cl)c([N+](=O)[O-])c1Cl)O2. The summed E-state index contributed by atoms with van der Waals surface area (Å²) in [5, 5.41) is 22.3. The van der Waals surface area contributed by atoms with Gasteiger partial charge in [0.2, 0.25) is 5.72 Å². The molecule has 2 aliphatic heterocycles. The van der Waals surface area contributed by atoms with Gasteiger partial charge in [-0.2, -0.15) is 0 Å². The van der Waals surface area contributed by atoms with Crippen molar-refractivity contribution in [1.82, 2.24) is 0 Å². The second-order valence-electron chi connectivity index (χ2n) is 7.46. The molecular weight excluding hydrogens is 421 g/mol. The number of halogens is 2. The summed E-state index contributed by atoms with van der Waals surface area (Å²) in [6.07, 6.45) is 3.44. The first kappa shape index (κ1) is 19.5. The number of likely N-dealkylation sites (N-methyl/N-ethyl adjacent to an activating group) is 1. The van der Waals surface area contributed by atoms with Gasteiger partial charge in [-0.25, -0.2) is 0 Å². The highest BCUT2D eigenvalue weighted by Crippen LogP contribution is 2.56. The van der Waals surface area contributed by atoms with Gasteiger partial charge < -0.3 is 9.64 Å². The highest BCUT2D eigenvalue weighted by molar-refractivity contribution is 6.39. The number of hydrogen-bond acceptors (Lipinski definition) is 6. The maximum atomic E-state index is 11.3. The Balaban J connectivity index is 1.89. The van der Waals surface area contributed by atoms with E-state index in [4.69, 9.17) is 27.9 Å². The summed E-state index contributed by atoms with van der Waals surface area (Å²) in [4.78, 5) is 23.3. The lowest BCUT2D eigenvalue weighted by Gasteiger charge is -2.45. The number of ether oxygens (including phenoxy) is 1. The molecule has 2 heterocycles. The van der Waals surface area contributed by atoms with Crippen LogP contribution in [0.3, 0.4) is 0 Å². The number of fused-ring (bicyclic) bond motifs is 2. The number of benzene rings is 2. The van der Waals surface area contributed by atoms with Crippen molar-refractivity contribution in [2.24, 2.45) is 0 Å². The maximum Gasteiger partial charge on any atom is 0.307 e. The minimum Gasteiger partial charge on any atom is -0.463 e. The number of anilines is 1. The molecule has 0 aromatic heterocycles. The van der Waals surface area contributed by atoms with Crippen LogP contribution in [0.1, 0.15) is 25.0 Å². The number of nitro benzene ring substituents is 2. The molecule has 150 valence electrons. The van der Waals surface area contributed by atoms with Gasteiger partial charge in [0.1, 0.15) is 15.8 Å². The van der Waals surface area contributed by atoms with Crippen LogP contribution in [0.15, 0.2) is 30.3 Å². The average molecular weight is 436 g/mol. The fourth-order valence-corrected chi connectivity index (χ4v) is 4.78. The summed E-state index contributed by atoms with van der Waals surface area (Å²) >= 11 is 12.3. The Hall–Kier alpha value is -2.84. The van der Waals surface area contributed by atoms with E-state index < -0.39 is 21.0 Å². The molecular formula is C19H15Cl2N3O5. The first-order valence-corrected chi connectivity index (χ1v) is 9.34. The second kappa shape index (κ2) is 6.08. The predicted octanol–water partition coefficient (Wildman–Crippen LogP) is 5.34. The second-order valence-corrected chi connectivity index (χ2v) is 8.25. The lowest BCUT2D eigenvalue weighted by atomic mass is 9.76. The van der Waals surface area contributed by atoms with Gasteiger partial charge in [0.15, 0.2) is 0 Å². The van der Waals surface area contributed by atoms with Gasteiger partial charge >= 0.3 is 5.69 Å². The molecule has 2 aliphatic rings. The van der Waals surface area contributed by atoms with Crippen molar-refractivity contribution in [3.8, 4) is 5.75 Å². The molecule has 2 aromatic carbocycles. The van der Waals surface area contributed by atoms with Crippen molar-refractivity contribution in [3.63, 3.8) is 0 Å². The van der Waals surface area contributed by atoms with E-state index in [1.165, 1.54) is 12.1 Å². The van der Waals surface area contributed by atoms with Crippen LogP contribution < -0.4 is 9.64 Å². The third kappa shape index (κ3) is 2.45. The summed E-state index contributed by atoms with van der Waals surface area (Å²) in [5.41, 5.74) is -0.217. The van der Waals surface area contributed by atoms with Crippen LogP contribution >= 0.6 is 23.2 Å². The van der Waals surface area contributed by atoms with Crippen molar-refractivity contribution < 1.29 is 14.6 Å².